The number of H-pyrrole nitrogens is 1. The average Bonchev–Trinajstić information content (AvgIpc) is 2.97. The first-order valence-electron chi connectivity index (χ1n) is 7.73. The van der Waals surface area contributed by atoms with Gasteiger partial charge in [0.2, 0.25) is 4.77 Å². The Hall–Kier alpha value is -2.71. The van der Waals surface area contributed by atoms with Crippen LogP contribution in [0, 0.1) is 4.77 Å². The van der Waals surface area contributed by atoms with Gasteiger partial charge in [-0.1, -0.05) is 25.1 Å². The number of para-hydroxylation sites is 1. The summed E-state index contributed by atoms with van der Waals surface area (Å²) in [4.78, 5) is 0. The highest BCUT2D eigenvalue weighted by Gasteiger charge is 2.06. The normalized spacial score (nSPS) is 10.3. The maximum atomic E-state index is 5.76. The fourth-order valence-electron chi connectivity index (χ4n) is 2.17. The van der Waals surface area contributed by atoms with Crippen LogP contribution in [0.4, 0.5) is 5.69 Å². The minimum absolute atomic E-state index is 0.420. The number of nitrogens with one attached hydrogen (secondary N) is 3. The van der Waals surface area contributed by atoms with Crippen LogP contribution in [0.15, 0.2) is 54.6 Å². The van der Waals surface area contributed by atoms with E-state index in [1.807, 2.05) is 61.5 Å². The predicted octanol–water partition coefficient (Wildman–Crippen LogP) is 4.24. The lowest BCUT2D eigenvalue weighted by atomic mass is 10.3. The maximum absolute atomic E-state index is 5.76. The molecule has 0 unspecified atom stereocenters. The van der Waals surface area contributed by atoms with Crippen molar-refractivity contribution in [1.82, 2.24) is 14.9 Å². The zero-order valence-corrected chi connectivity index (χ0v) is 15.2. The minimum Gasteiger partial charge on any atom is -0.457 e. The van der Waals surface area contributed by atoms with E-state index in [0.717, 1.165) is 29.4 Å². The number of anilines is 1. The molecule has 25 heavy (non-hydrogen) atoms. The van der Waals surface area contributed by atoms with Gasteiger partial charge in [0.1, 0.15) is 11.5 Å². The summed E-state index contributed by atoms with van der Waals surface area (Å²) in [7, 11) is 0. The number of rotatable bonds is 5. The molecule has 0 atom stereocenters. The number of nitrogens with zero attached hydrogens (tertiary/aromatic N) is 2. The molecule has 1 aromatic heterocycles. The van der Waals surface area contributed by atoms with Gasteiger partial charge in [-0.05, 0) is 60.8 Å². The fourth-order valence-corrected chi connectivity index (χ4v) is 2.58. The van der Waals surface area contributed by atoms with E-state index >= 15 is 0 Å². The molecule has 0 aliphatic carbocycles. The smallest absolute Gasteiger partial charge is 0.214 e. The number of hydrogen-bond donors (Lipinski definition) is 3. The molecule has 6 nitrogen and oxygen atoms in total. The second-order valence-corrected chi connectivity index (χ2v) is 5.93. The number of aromatic nitrogens is 3. The number of ether oxygens (including phenoxy) is 1. The van der Waals surface area contributed by atoms with Crippen LogP contribution in [0.25, 0.3) is 0 Å². The molecule has 0 amide bonds. The van der Waals surface area contributed by atoms with Gasteiger partial charge in [-0.3, -0.25) is 10.5 Å². The van der Waals surface area contributed by atoms with Crippen LogP contribution in [0.3, 0.4) is 0 Å². The molecule has 1 heterocycles. The molecular formula is C17H17N5OS2. The van der Waals surface area contributed by atoms with Crippen LogP contribution < -0.4 is 15.5 Å². The van der Waals surface area contributed by atoms with Crippen LogP contribution in [-0.2, 0) is 6.42 Å². The van der Waals surface area contributed by atoms with Crippen molar-refractivity contribution in [1.29, 1.82) is 0 Å². The molecule has 0 saturated heterocycles. The standard InChI is InChI=1S/C17H17N5OS2/c1-2-15-19-20-17(25)22(15)21-16(24)18-12-8-10-14(11-9-12)23-13-6-4-3-5-7-13/h3-11H,2H2,1H3,(H,20,25)(H2,18,21,24). The molecule has 3 rings (SSSR count). The summed E-state index contributed by atoms with van der Waals surface area (Å²) in [5, 5.41) is 10.4. The van der Waals surface area contributed by atoms with Crippen molar-refractivity contribution in [3.8, 4) is 11.5 Å². The van der Waals surface area contributed by atoms with Gasteiger partial charge in [0.25, 0.3) is 0 Å². The van der Waals surface area contributed by atoms with Gasteiger partial charge in [0.05, 0.1) is 0 Å². The fraction of sp³-hybridized carbons (Fsp3) is 0.118. The Labute approximate surface area is 155 Å². The number of hydrogen-bond acceptors (Lipinski definition) is 4. The SMILES string of the molecule is CCc1n[nH]c(=S)n1NC(=S)Nc1ccc(Oc2ccccc2)cc1. The lowest BCUT2D eigenvalue weighted by Crippen LogP contribution is -2.28. The summed E-state index contributed by atoms with van der Waals surface area (Å²) in [6.07, 6.45) is 0.730. The molecule has 0 aliphatic rings. The zero-order chi connectivity index (χ0) is 17.6. The summed E-state index contributed by atoms with van der Waals surface area (Å²) in [5.74, 6) is 2.32. The first kappa shape index (κ1) is 17.1. The van der Waals surface area contributed by atoms with Gasteiger partial charge < -0.3 is 10.1 Å². The van der Waals surface area contributed by atoms with Gasteiger partial charge in [-0.25, -0.2) is 4.68 Å². The van der Waals surface area contributed by atoms with Gasteiger partial charge in [-0.2, -0.15) is 5.10 Å². The van der Waals surface area contributed by atoms with Crippen LogP contribution in [0.2, 0.25) is 0 Å². The van der Waals surface area contributed by atoms with Gasteiger partial charge >= 0.3 is 0 Å². The molecule has 8 heteroatoms. The highest BCUT2D eigenvalue weighted by atomic mass is 32.1. The maximum Gasteiger partial charge on any atom is 0.214 e. The van der Waals surface area contributed by atoms with Gasteiger partial charge in [-0.15, -0.1) is 0 Å². The summed E-state index contributed by atoms with van der Waals surface area (Å²) < 4.78 is 7.88. The molecule has 2 aromatic carbocycles. The summed E-state index contributed by atoms with van der Waals surface area (Å²) in [5.41, 5.74) is 3.86. The van der Waals surface area contributed by atoms with Crippen molar-refractivity contribution in [3.63, 3.8) is 0 Å². The van der Waals surface area contributed by atoms with Gasteiger partial charge in [0, 0.05) is 12.1 Å². The number of benzene rings is 2. The quantitative estimate of drug-likeness (QED) is 0.583. The monoisotopic (exact) mass is 371 g/mol. The van der Waals surface area contributed by atoms with Crippen molar-refractivity contribution >= 4 is 35.2 Å². The molecule has 0 spiro atoms. The molecule has 0 saturated carbocycles. The second-order valence-electron chi connectivity index (χ2n) is 5.14. The predicted molar refractivity (Wildman–Crippen MR) is 105 cm³/mol. The lowest BCUT2D eigenvalue weighted by Gasteiger charge is -2.12. The number of aromatic amines is 1. The van der Waals surface area contributed by atoms with Crippen molar-refractivity contribution in [2.24, 2.45) is 0 Å². The minimum atomic E-state index is 0.420. The zero-order valence-electron chi connectivity index (χ0n) is 13.5. The highest BCUT2D eigenvalue weighted by molar-refractivity contribution is 7.80. The first-order valence-corrected chi connectivity index (χ1v) is 8.54. The van der Waals surface area contributed by atoms with E-state index in [2.05, 4.69) is 20.9 Å². The van der Waals surface area contributed by atoms with Crippen molar-refractivity contribution in [2.45, 2.75) is 13.3 Å². The number of aryl methyl sites for hydroxylation is 1. The Kier molecular flexibility index (Phi) is 5.42. The molecule has 0 aliphatic heterocycles. The Morgan fingerprint density at radius 1 is 1.12 bits per heavy atom. The summed E-state index contributed by atoms with van der Waals surface area (Å²) >= 11 is 10.5. The first-order chi connectivity index (χ1) is 12.2. The van der Waals surface area contributed by atoms with E-state index in [0.29, 0.717) is 9.88 Å². The van der Waals surface area contributed by atoms with E-state index in [1.54, 1.807) is 4.68 Å². The second kappa shape index (κ2) is 7.91. The van der Waals surface area contributed by atoms with Crippen LogP contribution in [0.1, 0.15) is 12.7 Å². The summed E-state index contributed by atoms with van der Waals surface area (Å²) in [6, 6.07) is 17.2. The van der Waals surface area contributed by atoms with Crippen LogP contribution >= 0.6 is 24.4 Å². The van der Waals surface area contributed by atoms with Crippen molar-refractivity contribution in [2.75, 3.05) is 10.7 Å². The molecule has 128 valence electrons. The molecular weight excluding hydrogens is 354 g/mol. The average molecular weight is 371 g/mol. The van der Waals surface area contributed by atoms with E-state index in [9.17, 15) is 0 Å². The van der Waals surface area contributed by atoms with Gasteiger partial charge in [0.15, 0.2) is 10.9 Å². The highest BCUT2D eigenvalue weighted by Crippen LogP contribution is 2.22. The molecule has 0 radical (unpaired) electrons. The van der Waals surface area contributed by atoms with Crippen molar-refractivity contribution < 1.29 is 4.74 Å². The third kappa shape index (κ3) is 4.43. The van der Waals surface area contributed by atoms with Crippen molar-refractivity contribution in [3.05, 3.63) is 65.2 Å². The third-order valence-electron chi connectivity index (χ3n) is 3.36. The van der Waals surface area contributed by atoms with E-state index in [4.69, 9.17) is 29.2 Å². The van der Waals surface area contributed by atoms with Crippen LogP contribution in [-0.4, -0.2) is 20.0 Å². The molecule has 3 aromatic rings. The Bertz CT molecular complexity index is 903. The van der Waals surface area contributed by atoms with Crippen LogP contribution in [0.5, 0.6) is 11.5 Å². The molecule has 0 bridgehead atoms. The third-order valence-corrected chi connectivity index (χ3v) is 3.83. The Morgan fingerprint density at radius 2 is 1.80 bits per heavy atom. The lowest BCUT2D eigenvalue weighted by molar-refractivity contribution is 0.483. The Balaban J connectivity index is 1.62. The van der Waals surface area contributed by atoms with E-state index in [1.165, 1.54) is 0 Å². The Morgan fingerprint density at radius 3 is 2.48 bits per heavy atom. The number of thiocarbonyl (C=S) groups is 1. The van der Waals surface area contributed by atoms with E-state index in [-0.39, 0.29) is 0 Å². The molecule has 3 N–H and O–H groups in total. The van der Waals surface area contributed by atoms with E-state index < -0.39 is 0 Å². The largest absolute Gasteiger partial charge is 0.457 e. The topological polar surface area (TPSA) is 66.9 Å². The molecule has 0 fully saturated rings. The summed E-state index contributed by atoms with van der Waals surface area (Å²) in [6.45, 7) is 1.99.